The minimum atomic E-state index is -2.89. The fourth-order valence-electron chi connectivity index (χ4n) is 4.01. The van der Waals surface area contributed by atoms with Crippen molar-refractivity contribution in [3.8, 4) is 17.0 Å². The third-order valence-corrected chi connectivity index (χ3v) is 5.78. The quantitative estimate of drug-likeness (QED) is 0.466. The van der Waals surface area contributed by atoms with Crippen LogP contribution in [0.15, 0.2) is 30.7 Å². The summed E-state index contributed by atoms with van der Waals surface area (Å²) in [5, 5.41) is 10.8. The van der Waals surface area contributed by atoms with Gasteiger partial charge in [0.15, 0.2) is 17.2 Å². The number of aromatic nitrogens is 5. The molecule has 4 aromatic rings. The van der Waals surface area contributed by atoms with Gasteiger partial charge in [-0.25, -0.2) is 18.7 Å². The Kier molecular flexibility index (Phi) is 3.71. The number of nitrogens with one attached hydrogen (secondary N) is 3. The van der Waals surface area contributed by atoms with E-state index in [1.165, 1.54) is 10.7 Å². The molecule has 5 heterocycles. The van der Waals surface area contributed by atoms with Crippen LogP contribution in [0.1, 0.15) is 23.2 Å². The van der Waals surface area contributed by atoms with Gasteiger partial charge in [0.2, 0.25) is 0 Å². The van der Waals surface area contributed by atoms with E-state index in [0.717, 1.165) is 10.9 Å². The van der Waals surface area contributed by atoms with Crippen LogP contribution in [0, 0.1) is 0 Å². The molecule has 0 bridgehead atoms. The molecular formula is C20H17F2N7O2. The fourth-order valence-corrected chi connectivity index (χ4v) is 4.01. The molecule has 1 atom stereocenters. The lowest BCUT2D eigenvalue weighted by Crippen LogP contribution is -2.55. The number of hydrogen-bond donors (Lipinski definition) is 3. The highest BCUT2D eigenvalue weighted by Gasteiger charge is 2.49. The zero-order chi connectivity index (χ0) is 21.2. The molecule has 4 aromatic heterocycles. The number of H-pyrrole nitrogens is 1. The van der Waals surface area contributed by atoms with Gasteiger partial charge in [0.25, 0.3) is 11.8 Å². The second-order valence-corrected chi connectivity index (χ2v) is 7.63. The number of halogens is 2. The van der Waals surface area contributed by atoms with E-state index in [4.69, 9.17) is 4.74 Å². The Labute approximate surface area is 173 Å². The van der Waals surface area contributed by atoms with E-state index in [-0.39, 0.29) is 24.1 Å². The van der Waals surface area contributed by atoms with Gasteiger partial charge in [0, 0.05) is 29.8 Å². The number of alkyl halides is 2. The van der Waals surface area contributed by atoms with Crippen LogP contribution in [0.25, 0.3) is 27.9 Å². The van der Waals surface area contributed by atoms with Gasteiger partial charge in [-0.1, -0.05) is 0 Å². The predicted octanol–water partition coefficient (Wildman–Crippen LogP) is 2.60. The number of rotatable bonds is 3. The molecule has 2 aliphatic rings. The molecule has 1 unspecified atom stereocenters. The second-order valence-electron chi connectivity index (χ2n) is 7.63. The van der Waals surface area contributed by atoms with Crippen molar-refractivity contribution in [1.29, 1.82) is 0 Å². The standard InChI is InChI=1S/C20H17F2N7O2/c21-20(22)4-3-13(20)27-19(30)12-9-26-29-17(12)28-14(15-18(29)24-6-7-31-15)11-8-25-16-10(11)2-1-5-23-16/h1-2,5,8-9,13,24H,3-4,6-7H2,(H,23,25)(H,27,30). The first-order chi connectivity index (χ1) is 15.0. The Bertz CT molecular complexity index is 1350. The number of fused-ring (bicyclic) bond motifs is 4. The average Bonchev–Trinajstić information content (AvgIpc) is 3.40. The van der Waals surface area contributed by atoms with Crippen molar-refractivity contribution < 1.29 is 18.3 Å². The normalized spacial score (nSPS) is 19.4. The lowest BCUT2D eigenvalue weighted by molar-refractivity contribution is -0.102. The first kappa shape index (κ1) is 18.0. The molecule has 0 spiro atoms. The smallest absolute Gasteiger partial charge is 0.267 e. The summed E-state index contributed by atoms with van der Waals surface area (Å²) in [5.41, 5.74) is 2.33. The van der Waals surface area contributed by atoms with Crippen molar-refractivity contribution >= 4 is 28.4 Å². The van der Waals surface area contributed by atoms with Gasteiger partial charge in [-0.15, -0.1) is 0 Å². The Morgan fingerprint density at radius 3 is 3.10 bits per heavy atom. The third kappa shape index (κ3) is 2.65. The molecule has 1 fully saturated rings. The first-order valence-corrected chi connectivity index (χ1v) is 9.92. The van der Waals surface area contributed by atoms with Crippen molar-refractivity contribution in [1.82, 2.24) is 29.9 Å². The maximum atomic E-state index is 13.7. The van der Waals surface area contributed by atoms with Crippen LogP contribution in [-0.4, -0.2) is 55.6 Å². The molecule has 3 N–H and O–H groups in total. The number of hydrogen-bond acceptors (Lipinski definition) is 6. The van der Waals surface area contributed by atoms with Gasteiger partial charge in [-0.3, -0.25) is 4.79 Å². The van der Waals surface area contributed by atoms with E-state index in [0.29, 0.717) is 36.1 Å². The largest absolute Gasteiger partial charge is 0.486 e. The maximum absolute atomic E-state index is 13.7. The number of carbonyl (C=O) groups is 1. The summed E-state index contributed by atoms with van der Waals surface area (Å²) in [6.07, 6.45) is 4.82. The van der Waals surface area contributed by atoms with Crippen molar-refractivity contribution in [2.75, 3.05) is 18.5 Å². The molecule has 0 saturated heterocycles. The van der Waals surface area contributed by atoms with Gasteiger partial charge in [-0.05, 0) is 18.6 Å². The van der Waals surface area contributed by atoms with Crippen LogP contribution in [0.4, 0.5) is 14.6 Å². The number of anilines is 1. The van der Waals surface area contributed by atoms with E-state index in [2.05, 4.69) is 30.7 Å². The monoisotopic (exact) mass is 425 g/mol. The van der Waals surface area contributed by atoms with Crippen LogP contribution < -0.4 is 15.4 Å². The van der Waals surface area contributed by atoms with Gasteiger partial charge in [0.05, 0.1) is 18.8 Å². The third-order valence-electron chi connectivity index (χ3n) is 5.78. The van der Waals surface area contributed by atoms with E-state index < -0.39 is 17.9 Å². The van der Waals surface area contributed by atoms with E-state index in [1.807, 2.05) is 12.1 Å². The molecule has 0 aromatic carbocycles. The van der Waals surface area contributed by atoms with Crippen LogP contribution in [0.5, 0.6) is 5.75 Å². The second kappa shape index (κ2) is 6.37. The number of nitrogens with zero attached hydrogens (tertiary/aromatic N) is 4. The summed E-state index contributed by atoms with van der Waals surface area (Å²) in [4.78, 5) is 24.9. The lowest BCUT2D eigenvalue weighted by Gasteiger charge is -2.36. The Morgan fingerprint density at radius 2 is 2.29 bits per heavy atom. The Morgan fingerprint density at radius 1 is 1.39 bits per heavy atom. The molecule has 1 amide bonds. The average molecular weight is 425 g/mol. The Balaban J connectivity index is 1.51. The SMILES string of the molecule is O=C(NC1CCC1(F)F)c1cnn2c3c(c(-c4c[nH]c5ncccc45)nc12)OCCN3. The van der Waals surface area contributed by atoms with Crippen LogP contribution in [0.3, 0.4) is 0 Å². The summed E-state index contributed by atoms with van der Waals surface area (Å²) in [5.74, 6) is -2.46. The number of aromatic amines is 1. The summed E-state index contributed by atoms with van der Waals surface area (Å²) < 4.78 is 34.7. The lowest BCUT2D eigenvalue weighted by atomic mass is 9.88. The minimum Gasteiger partial charge on any atom is -0.486 e. The number of pyridine rings is 1. The molecule has 31 heavy (non-hydrogen) atoms. The zero-order valence-electron chi connectivity index (χ0n) is 16.2. The van der Waals surface area contributed by atoms with Crippen LogP contribution >= 0.6 is 0 Å². The van der Waals surface area contributed by atoms with Gasteiger partial charge in [-0.2, -0.15) is 9.61 Å². The molecule has 1 aliphatic heterocycles. The number of ether oxygens (including phenoxy) is 1. The van der Waals surface area contributed by atoms with Crippen LogP contribution in [0.2, 0.25) is 0 Å². The zero-order valence-corrected chi connectivity index (χ0v) is 16.2. The van der Waals surface area contributed by atoms with E-state index >= 15 is 0 Å². The summed E-state index contributed by atoms with van der Waals surface area (Å²) in [7, 11) is 0. The molecule has 1 saturated carbocycles. The molecular weight excluding hydrogens is 408 g/mol. The molecule has 158 valence electrons. The first-order valence-electron chi connectivity index (χ1n) is 9.92. The molecule has 11 heteroatoms. The summed E-state index contributed by atoms with van der Waals surface area (Å²) in [6, 6.07) is 2.55. The van der Waals surface area contributed by atoms with Crippen molar-refractivity contribution in [3.63, 3.8) is 0 Å². The van der Waals surface area contributed by atoms with Gasteiger partial charge < -0.3 is 20.4 Å². The molecule has 6 rings (SSSR count). The highest BCUT2D eigenvalue weighted by molar-refractivity contribution is 6.02. The number of amides is 1. The maximum Gasteiger partial charge on any atom is 0.267 e. The Hall–Kier alpha value is -3.76. The fraction of sp³-hybridized carbons (Fsp3) is 0.300. The molecule has 9 nitrogen and oxygen atoms in total. The van der Waals surface area contributed by atoms with Gasteiger partial charge in [0.1, 0.15) is 23.5 Å². The van der Waals surface area contributed by atoms with Crippen molar-refractivity contribution in [3.05, 3.63) is 36.3 Å². The van der Waals surface area contributed by atoms with Crippen LogP contribution in [-0.2, 0) is 0 Å². The topological polar surface area (TPSA) is 109 Å². The van der Waals surface area contributed by atoms with E-state index in [9.17, 15) is 13.6 Å². The predicted molar refractivity (Wildman–Crippen MR) is 107 cm³/mol. The summed E-state index contributed by atoms with van der Waals surface area (Å²) >= 11 is 0. The van der Waals surface area contributed by atoms with Gasteiger partial charge >= 0.3 is 0 Å². The van der Waals surface area contributed by atoms with Crippen molar-refractivity contribution in [2.24, 2.45) is 0 Å². The molecule has 1 aliphatic carbocycles. The van der Waals surface area contributed by atoms with E-state index in [1.54, 1.807) is 12.4 Å². The highest BCUT2D eigenvalue weighted by Crippen LogP contribution is 2.41. The van der Waals surface area contributed by atoms with Crippen molar-refractivity contribution in [2.45, 2.75) is 24.8 Å². The number of carbonyl (C=O) groups excluding carboxylic acids is 1. The highest BCUT2D eigenvalue weighted by atomic mass is 19.3. The minimum absolute atomic E-state index is 0.122. The summed E-state index contributed by atoms with van der Waals surface area (Å²) in [6.45, 7) is 0.996. The molecule has 0 radical (unpaired) electrons.